The normalized spacial score (nSPS) is 12.2. The molecule has 0 aliphatic carbocycles. The molecule has 0 aromatic heterocycles. The molecular weight excluding hydrogens is 276 g/mol. The average molecular weight is 288 g/mol. The molecule has 0 saturated heterocycles. The summed E-state index contributed by atoms with van der Waals surface area (Å²) in [6.45, 7) is 3.47. The highest BCUT2D eigenvalue weighted by molar-refractivity contribution is 5.93. The van der Waals surface area contributed by atoms with Gasteiger partial charge >= 0.3 is 6.36 Å². The first-order valence-corrected chi connectivity index (χ1v) is 5.90. The number of rotatable bonds is 2. The Bertz CT molecular complexity index is 648. The molecule has 0 fully saturated rings. The summed E-state index contributed by atoms with van der Waals surface area (Å²) in [7, 11) is 0. The lowest BCUT2D eigenvalue weighted by Crippen LogP contribution is -2.18. The zero-order valence-electron chi connectivity index (χ0n) is 10.8. The molecule has 0 saturated carbocycles. The molecule has 108 valence electrons. The van der Waals surface area contributed by atoms with E-state index in [2.05, 4.69) is 4.74 Å². The van der Waals surface area contributed by atoms with Crippen LogP contribution in [0.1, 0.15) is 25.3 Å². The number of benzene rings is 2. The highest BCUT2D eigenvalue weighted by Crippen LogP contribution is 2.39. The van der Waals surface area contributed by atoms with E-state index in [4.69, 9.17) is 0 Å². The first kappa shape index (κ1) is 14.4. The Morgan fingerprint density at radius 1 is 1.15 bits per heavy atom. The monoisotopic (exact) mass is 288 g/mol. The van der Waals surface area contributed by atoms with E-state index in [0.29, 0.717) is 5.56 Å². The minimum Gasteiger partial charge on any atom is -0.508 e. The second-order valence-corrected chi connectivity index (χ2v) is 4.71. The van der Waals surface area contributed by atoms with Crippen LogP contribution in [0.15, 0.2) is 24.3 Å². The van der Waals surface area contributed by atoms with Crippen LogP contribution in [-0.4, -0.2) is 11.5 Å². The quantitative estimate of drug-likeness (QED) is 0.811. The van der Waals surface area contributed by atoms with Gasteiger partial charge in [0.15, 0.2) is 11.6 Å². The van der Waals surface area contributed by atoms with Gasteiger partial charge in [-0.3, -0.25) is 0 Å². The van der Waals surface area contributed by atoms with Gasteiger partial charge in [-0.05, 0) is 35.1 Å². The predicted octanol–water partition coefficient (Wildman–Crippen LogP) is 4.71. The summed E-state index contributed by atoms with van der Waals surface area (Å²) in [5.74, 6) is -2.26. The van der Waals surface area contributed by atoms with E-state index in [1.165, 1.54) is 18.2 Å². The average Bonchev–Trinajstić information content (AvgIpc) is 2.30. The van der Waals surface area contributed by atoms with Gasteiger partial charge in [0, 0.05) is 5.39 Å². The van der Waals surface area contributed by atoms with Crippen molar-refractivity contribution in [3.05, 3.63) is 35.6 Å². The fourth-order valence-corrected chi connectivity index (χ4v) is 2.09. The van der Waals surface area contributed by atoms with Crippen molar-refractivity contribution in [2.75, 3.05) is 0 Å². The van der Waals surface area contributed by atoms with E-state index in [-0.39, 0.29) is 22.4 Å². The van der Waals surface area contributed by atoms with Crippen molar-refractivity contribution >= 4 is 10.8 Å². The molecule has 0 spiro atoms. The van der Waals surface area contributed by atoms with Gasteiger partial charge < -0.3 is 9.84 Å². The summed E-state index contributed by atoms with van der Waals surface area (Å²) < 4.78 is 54.8. The zero-order valence-corrected chi connectivity index (χ0v) is 10.8. The van der Waals surface area contributed by atoms with Crippen molar-refractivity contribution in [2.45, 2.75) is 26.1 Å². The molecule has 2 nitrogen and oxygen atoms in total. The molecular formula is C14H12F4O2. The number of ether oxygens (including phenoxy) is 1. The van der Waals surface area contributed by atoms with Crippen molar-refractivity contribution in [2.24, 2.45) is 0 Å². The number of halogens is 4. The lowest BCUT2D eigenvalue weighted by Gasteiger charge is -2.17. The molecule has 0 radical (unpaired) electrons. The first-order chi connectivity index (χ1) is 9.19. The molecule has 0 unspecified atom stereocenters. The van der Waals surface area contributed by atoms with Crippen LogP contribution in [0.3, 0.4) is 0 Å². The van der Waals surface area contributed by atoms with Crippen molar-refractivity contribution in [3.8, 4) is 11.5 Å². The second kappa shape index (κ2) is 4.85. The molecule has 0 bridgehead atoms. The Hall–Kier alpha value is -1.98. The van der Waals surface area contributed by atoms with Gasteiger partial charge in [0.05, 0.1) is 0 Å². The topological polar surface area (TPSA) is 29.5 Å². The summed E-state index contributed by atoms with van der Waals surface area (Å²) >= 11 is 0. The molecule has 6 heteroatoms. The van der Waals surface area contributed by atoms with Gasteiger partial charge in [0.25, 0.3) is 0 Å². The summed E-state index contributed by atoms with van der Waals surface area (Å²) in [6, 6.07) is 4.77. The Morgan fingerprint density at radius 2 is 1.80 bits per heavy atom. The number of hydrogen-bond acceptors (Lipinski definition) is 2. The largest absolute Gasteiger partial charge is 0.573 e. The molecule has 0 amide bonds. The number of aromatic hydroxyl groups is 1. The number of fused-ring (bicyclic) bond motifs is 1. The smallest absolute Gasteiger partial charge is 0.508 e. The molecule has 2 rings (SSSR count). The Kier molecular flexibility index (Phi) is 3.50. The number of phenolic OH excluding ortho intramolecular Hbond substituents is 1. The first-order valence-electron chi connectivity index (χ1n) is 5.90. The maximum absolute atomic E-state index is 13.7. The molecule has 0 aliphatic heterocycles. The summed E-state index contributed by atoms with van der Waals surface area (Å²) in [5.41, 5.74) is 0.388. The Morgan fingerprint density at radius 3 is 2.35 bits per heavy atom. The van der Waals surface area contributed by atoms with Crippen LogP contribution in [0.4, 0.5) is 17.6 Å². The number of alkyl halides is 3. The van der Waals surface area contributed by atoms with E-state index in [1.807, 2.05) is 0 Å². The summed E-state index contributed by atoms with van der Waals surface area (Å²) in [4.78, 5) is 0. The van der Waals surface area contributed by atoms with E-state index in [0.717, 1.165) is 6.07 Å². The maximum atomic E-state index is 13.7. The maximum Gasteiger partial charge on any atom is 0.573 e. The molecule has 0 aliphatic rings. The van der Waals surface area contributed by atoms with Gasteiger partial charge in [-0.25, -0.2) is 4.39 Å². The number of hydrogen-bond donors (Lipinski definition) is 1. The van der Waals surface area contributed by atoms with Gasteiger partial charge in [0.2, 0.25) is 0 Å². The molecule has 0 atom stereocenters. The molecule has 1 N–H and O–H groups in total. The zero-order chi connectivity index (χ0) is 15.1. The standard InChI is InChI=1S/C14H12F4O2/c1-7(2)10-6-9(19)5-8-3-4-11(15)13(12(8)10)20-14(16,17)18/h3-7,19H,1-2H3. The van der Waals surface area contributed by atoms with Crippen LogP contribution in [0.2, 0.25) is 0 Å². The minimum atomic E-state index is -4.98. The van der Waals surface area contributed by atoms with Crippen LogP contribution in [-0.2, 0) is 0 Å². The van der Waals surface area contributed by atoms with Crippen molar-refractivity contribution in [1.82, 2.24) is 0 Å². The van der Waals surface area contributed by atoms with Gasteiger partial charge in [-0.15, -0.1) is 13.2 Å². The van der Waals surface area contributed by atoms with Crippen LogP contribution in [0.25, 0.3) is 10.8 Å². The van der Waals surface area contributed by atoms with E-state index < -0.39 is 17.9 Å². The highest BCUT2D eigenvalue weighted by atomic mass is 19.4. The highest BCUT2D eigenvalue weighted by Gasteiger charge is 2.34. The molecule has 20 heavy (non-hydrogen) atoms. The van der Waals surface area contributed by atoms with Crippen molar-refractivity contribution in [1.29, 1.82) is 0 Å². The van der Waals surface area contributed by atoms with Gasteiger partial charge in [-0.2, -0.15) is 0 Å². The van der Waals surface area contributed by atoms with Crippen LogP contribution in [0, 0.1) is 5.82 Å². The second-order valence-electron chi connectivity index (χ2n) is 4.71. The molecule has 2 aromatic rings. The van der Waals surface area contributed by atoms with E-state index in [1.54, 1.807) is 13.8 Å². The van der Waals surface area contributed by atoms with Crippen molar-refractivity contribution in [3.63, 3.8) is 0 Å². The predicted molar refractivity (Wildman–Crippen MR) is 66.3 cm³/mol. The summed E-state index contributed by atoms with van der Waals surface area (Å²) in [5, 5.41) is 9.91. The van der Waals surface area contributed by atoms with E-state index >= 15 is 0 Å². The third kappa shape index (κ3) is 2.79. The Labute approximate surface area is 112 Å². The third-order valence-corrected chi connectivity index (χ3v) is 2.88. The van der Waals surface area contributed by atoms with Crippen LogP contribution < -0.4 is 4.74 Å². The lowest BCUT2D eigenvalue weighted by molar-refractivity contribution is -0.275. The SMILES string of the molecule is CC(C)c1cc(O)cc2ccc(F)c(OC(F)(F)F)c12. The molecule has 0 heterocycles. The van der Waals surface area contributed by atoms with Gasteiger partial charge in [0.1, 0.15) is 5.75 Å². The van der Waals surface area contributed by atoms with Crippen LogP contribution >= 0.6 is 0 Å². The van der Waals surface area contributed by atoms with Gasteiger partial charge in [-0.1, -0.05) is 19.9 Å². The lowest BCUT2D eigenvalue weighted by atomic mass is 9.95. The third-order valence-electron chi connectivity index (χ3n) is 2.88. The Balaban J connectivity index is 2.81. The fraction of sp³-hybridized carbons (Fsp3) is 0.286. The minimum absolute atomic E-state index is 0.0233. The summed E-state index contributed by atoms with van der Waals surface area (Å²) in [6.07, 6.45) is -4.98. The van der Waals surface area contributed by atoms with Crippen molar-refractivity contribution < 1.29 is 27.4 Å². The van der Waals surface area contributed by atoms with E-state index in [9.17, 15) is 22.7 Å². The molecule has 2 aromatic carbocycles. The van der Waals surface area contributed by atoms with Crippen LogP contribution in [0.5, 0.6) is 11.5 Å². The fourth-order valence-electron chi connectivity index (χ4n) is 2.09. The number of phenols is 1.